The molecule has 0 saturated carbocycles. The SMILES string of the molecule is CCCC(OC(=O)C(C)C[B]C(C)(CC)C(=O)OCCN(C)C)c1ccccc1. The number of benzene rings is 1. The Bertz CT molecular complexity index is 623. The molecule has 0 aromatic heterocycles. The number of esters is 2. The Labute approximate surface area is 177 Å². The second-order valence-electron chi connectivity index (χ2n) is 8.18. The summed E-state index contributed by atoms with van der Waals surface area (Å²) >= 11 is 0. The Morgan fingerprint density at radius 1 is 1.17 bits per heavy atom. The fourth-order valence-corrected chi connectivity index (χ4v) is 2.87. The summed E-state index contributed by atoms with van der Waals surface area (Å²) in [5, 5.41) is -0.705. The molecule has 5 nitrogen and oxygen atoms in total. The van der Waals surface area contributed by atoms with Crippen LogP contribution in [0.5, 0.6) is 0 Å². The molecule has 3 atom stereocenters. The Morgan fingerprint density at radius 3 is 2.38 bits per heavy atom. The molecule has 0 N–H and O–H groups in total. The molecule has 1 radical (unpaired) electrons. The minimum absolute atomic E-state index is 0.232. The molecule has 3 unspecified atom stereocenters. The summed E-state index contributed by atoms with van der Waals surface area (Å²) in [4.78, 5) is 27.1. The number of carbonyl (C=O) groups is 2. The second-order valence-corrected chi connectivity index (χ2v) is 8.18. The summed E-state index contributed by atoms with van der Waals surface area (Å²) < 4.78 is 11.2. The third-order valence-corrected chi connectivity index (χ3v) is 5.28. The molecule has 0 amide bonds. The Morgan fingerprint density at radius 2 is 1.83 bits per heavy atom. The average molecular weight is 402 g/mol. The van der Waals surface area contributed by atoms with Crippen molar-refractivity contribution in [2.45, 2.75) is 64.7 Å². The number of rotatable bonds is 13. The first-order chi connectivity index (χ1) is 13.7. The topological polar surface area (TPSA) is 55.8 Å². The van der Waals surface area contributed by atoms with E-state index in [1.807, 2.05) is 77.4 Å². The van der Waals surface area contributed by atoms with Crippen LogP contribution in [-0.4, -0.2) is 51.4 Å². The molecule has 0 aliphatic rings. The van der Waals surface area contributed by atoms with E-state index >= 15 is 0 Å². The second kappa shape index (κ2) is 12.7. The highest BCUT2D eigenvalue weighted by molar-refractivity contribution is 6.46. The zero-order valence-corrected chi connectivity index (χ0v) is 18.9. The highest BCUT2D eigenvalue weighted by Gasteiger charge is 2.35. The van der Waals surface area contributed by atoms with Gasteiger partial charge in [-0.15, -0.1) is 0 Å². The molecule has 0 saturated heterocycles. The highest BCUT2D eigenvalue weighted by atomic mass is 16.5. The lowest BCUT2D eigenvalue weighted by molar-refractivity contribution is -0.154. The molecule has 1 aromatic carbocycles. The van der Waals surface area contributed by atoms with Gasteiger partial charge in [0.15, 0.2) is 0 Å². The molecule has 0 bridgehead atoms. The van der Waals surface area contributed by atoms with Gasteiger partial charge in [0.2, 0.25) is 0 Å². The molecule has 0 heterocycles. The van der Waals surface area contributed by atoms with Crippen LogP contribution in [0.2, 0.25) is 11.6 Å². The van der Waals surface area contributed by atoms with Crippen LogP contribution in [0.4, 0.5) is 0 Å². The van der Waals surface area contributed by atoms with E-state index < -0.39 is 5.31 Å². The predicted octanol–water partition coefficient (Wildman–Crippen LogP) is 4.52. The standard InChI is InChI=1S/C23H37BNO4/c1-7-12-20(19-13-10-9-11-14-19)29-21(26)18(3)17-24-23(4,8-2)22(27)28-16-15-25(5)6/h9-11,13-14,18,20H,7-8,12,15-17H2,1-6H3. The van der Waals surface area contributed by atoms with Gasteiger partial charge in [-0.3, -0.25) is 9.59 Å². The van der Waals surface area contributed by atoms with Gasteiger partial charge in [0.25, 0.3) is 0 Å². The predicted molar refractivity (Wildman–Crippen MR) is 118 cm³/mol. The Kier molecular flexibility index (Phi) is 11.0. The van der Waals surface area contributed by atoms with E-state index in [0.29, 0.717) is 25.9 Å². The van der Waals surface area contributed by atoms with Crippen LogP contribution in [-0.2, 0) is 19.1 Å². The molecule has 0 fully saturated rings. The first-order valence-corrected chi connectivity index (χ1v) is 10.6. The molecule has 1 aromatic rings. The zero-order chi connectivity index (χ0) is 21.9. The lowest BCUT2D eigenvalue weighted by Crippen LogP contribution is -2.32. The largest absolute Gasteiger partial charge is 0.464 e. The number of likely N-dealkylation sites (N-methyl/N-ethyl adjacent to an activating group) is 1. The summed E-state index contributed by atoms with van der Waals surface area (Å²) in [7, 11) is 5.79. The van der Waals surface area contributed by atoms with E-state index in [0.717, 1.165) is 18.4 Å². The van der Waals surface area contributed by atoms with Crippen molar-refractivity contribution in [3.05, 3.63) is 35.9 Å². The quantitative estimate of drug-likeness (QED) is 0.359. The summed E-state index contributed by atoms with van der Waals surface area (Å²) in [6, 6.07) is 9.84. The van der Waals surface area contributed by atoms with E-state index in [4.69, 9.17) is 9.47 Å². The number of hydrogen-bond acceptors (Lipinski definition) is 5. The number of nitrogens with zero attached hydrogens (tertiary/aromatic N) is 1. The first-order valence-electron chi connectivity index (χ1n) is 10.6. The lowest BCUT2D eigenvalue weighted by Gasteiger charge is -2.27. The Hall–Kier alpha value is -1.82. The number of carbonyl (C=O) groups excluding carboxylic acids is 2. The van der Waals surface area contributed by atoms with Crippen LogP contribution >= 0.6 is 0 Å². The fraction of sp³-hybridized carbons (Fsp3) is 0.652. The van der Waals surface area contributed by atoms with Gasteiger partial charge >= 0.3 is 11.9 Å². The highest BCUT2D eigenvalue weighted by Crippen LogP contribution is 2.33. The third-order valence-electron chi connectivity index (χ3n) is 5.28. The normalized spacial score (nSPS) is 15.3. The zero-order valence-electron chi connectivity index (χ0n) is 18.9. The Balaban J connectivity index is 2.62. The van der Waals surface area contributed by atoms with E-state index in [1.54, 1.807) is 0 Å². The van der Waals surface area contributed by atoms with Crippen LogP contribution in [0.1, 0.15) is 58.6 Å². The molecule has 0 spiro atoms. The van der Waals surface area contributed by atoms with Gasteiger partial charge in [0.05, 0.1) is 0 Å². The van der Waals surface area contributed by atoms with Crippen molar-refractivity contribution in [3.8, 4) is 0 Å². The van der Waals surface area contributed by atoms with Gasteiger partial charge in [-0.2, -0.15) is 0 Å². The summed E-state index contributed by atoms with van der Waals surface area (Å²) in [5.74, 6) is -0.794. The van der Waals surface area contributed by atoms with Crippen LogP contribution < -0.4 is 0 Å². The van der Waals surface area contributed by atoms with Crippen molar-refractivity contribution in [2.24, 2.45) is 5.92 Å². The van der Waals surface area contributed by atoms with Crippen molar-refractivity contribution in [1.82, 2.24) is 4.90 Å². The van der Waals surface area contributed by atoms with E-state index in [2.05, 4.69) is 6.92 Å². The minimum atomic E-state index is -0.705. The van der Waals surface area contributed by atoms with Gasteiger partial charge in [0, 0.05) is 17.8 Å². The first kappa shape index (κ1) is 25.2. The monoisotopic (exact) mass is 402 g/mol. The van der Waals surface area contributed by atoms with Crippen LogP contribution in [0.25, 0.3) is 0 Å². The van der Waals surface area contributed by atoms with Crippen molar-refractivity contribution < 1.29 is 19.1 Å². The molecule has 6 heteroatoms. The summed E-state index contributed by atoms with van der Waals surface area (Å²) in [5.41, 5.74) is 1.02. The molecule has 161 valence electrons. The maximum atomic E-state index is 12.7. The molecule has 1 rings (SSSR count). The van der Waals surface area contributed by atoms with Crippen LogP contribution in [0.15, 0.2) is 30.3 Å². The minimum Gasteiger partial charge on any atom is -0.464 e. The maximum absolute atomic E-state index is 12.7. The van der Waals surface area contributed by atoms with E-state index in [-0.39, 0.29) is 24.0 Å². The van der Waals surface area contributed by atoms with Crippen molar-refractivity contribution in [3.63, 3.8) is 0 Å². The lowest BCUT2D eigenvalue weighted by atomic mass is 9.48. The average Bonchev–Trinajstić information content (AvgIpc) is 2.71. The molecule has 29 heavy (non-hydrogen) atoms. The third kappa shape index (κ3) is 8.61. The van der Waals surface area contributed by atoms with Crippen LogP contribution in [0.3, 0.4) is 0 Å². The van der Waals surface area contributed by atoms with Gasteiger partial charge in [0.1, 0.15) is 20.0 Å². The molecule has 0 aliphatic heterocycles. The summed E-state index contributed by atoms with van der Waals surface area (Å²) in [6.45, 7) is 8.80. The van der Waals surface area contributed by atoms with Gasteiger partial charge in [-0.25, -0.2) is 0 Å². The molecule has 0 aliphatic carbocycles. The fourth-order valence-electron chi connectivity index (χ4n) is 2.87. The van der Waals surface area contributed by atoms with Gasteiger partial charge < -0.3 is 14.4 Å². The maximum Gasteiger partial charge on any atom is 0.308 e. The van der Waals surface area contributed by atoms with E-state index in [9.17, 15) is 9.59 Å². The molecular weight excluding hydrogens is 365 g/mol. The van der Waals surface area contributed by atoms with Crippen molar-refractivity contribution in [2.75, 3.05) is 27.2 Å². The van der Waals surface area contributed by atoms with E-state index in [1.165, 1.54) is 0 Å². The number of ether oxygens (including phenoxy) is 2. The van der Waals surface area contributed by atoms with Gasteiger partial charge in [-0.1, -0.05) is 70.8 Å². The summed E-state index contributed by atoms with van der Waals surface area (Å²) in [6.07, 6.45) is 2.58. The van der Waals surface area contributed by atoms with Gasteiger partial charge in [-0.05, 0) is 32.5 Å². The molecular formula is C23H37BNO4. The van der Waals surface area contributed by atoms with Crippen molar-refractivity contribution >= 4 is 19.2 Å². The smallest absolute Gasteiger partial charge is 0.308 e. The number of hydrogen-bond donors (Lipinski definition) is 0. The van der Waals surface area contributed by atoms with Crippen LogP contribution in [0, 0.1) is 5.92 Å². The van der Waals surface area contributed by atoms with Crippen molar-refractivity contribution in [1.29, 1.82) is 0 Å².